The highest BCUT2D eigenvalue weighted by Gasteiger charge is 2.15. The standard InChI is InChI=1S/C18H16O6/c1-21-10-24-13-7-15(19)17-16(8-13)23-9-14(18(17)20)11-4-3-5-12(6-11)22-2/h3-9,19H,10H2,1-2H3. The van der Waals surface area contributed by atoms with Gasteiger partial charge < -0.3 is 23.7 Å². The number of fused-ring (bicyclic) bond motifs is 1. The lowest BCUT2D eigenvalue weighted by Gasteiger charge is -2.09. The lowest BCUT2D eigenvalue weighted by molar-refractivity contribution is 0.0510. The van der Waals surface area contributed by atoms with Crippen molar-refractivity contribution in [1.82, 2.24) is 0 Å². The number of hydrogen-bond donors (Lipinski definition) is 1. The predicted octanol–water partition coefficient (Wildman–Crippen LogP) is 3.16. The van der Waals surface area contributed by atoms with Gasteiger partial charge in [-0.25, -0.2) is 0 Å². The van der Waals surface area contributed by atoms with Crippen molar-refractivity contribution in [2.75, 3.05) is 21.0 Å². The van der Waals surface area contributed by atoms with Crippen LogP contribution < -0.4 is 14.9 Å². The van der Waals surface area contributed by atoms with Gasteiger partial charge in [0.2, 0.25) is 5.43 Å². The van der Waals surface area contributed by atoms with Gasteiger partial charge in [0, 0.05) is 19.2 Å². The van der Waals surface area contributed by atoms with Gasteiger partial charge in [-0.3, -0.25) is 4.79 Å². The number of ether oxygens (including phenoxy) is 3. The molecule has 0 atom stereocenters. The SMILES string of the molecule is COCOc1cc(O)c2c(=O)c(-c3cccc(OC)c3)coc2c1. The Morgan fingerprint density at radius 1 is 1.12 bits per heavy atom. The summed E-state index contributed by atoms with van der Waals surface area (Å²) in [5.74, 6) is 0.760. The smallest absolute Gasteiger partial charge is 0.204 e. The molecule has 0 amide bonds. The topological polar surface area (TPSA) is 78.1 Å². The second-order valence-electron chi connectivity index (χ2n) is 5.08. The van der Waals surface area contributed by atoms with Gasteiger partial charge in [-0.2, -0.15) is 0 Å². The van der Waals surface area contributed by atoms with E-state index in [1.54, 1.807) is 31.4 Å². The lowest BCUT2D eigenvalue weighted by Crippen LogP contribution is -2.06. The summed E-state index contributed by atoms with van der Waals surface area (Å²) in [7, 11) is 3.04. The number of hydrogen-bond acceptors (Lipinski definition) is 6. The molecule has 0 radical (unpaired) electrons. The minimum absolute atomic E-state index is 0.0249. The zero-order valence-electron chi connectivity index (χ0n) is 13.2. The zero-order chi connectivity index (χ0) is 17.1. The van der Waals surface area contributed by atoms with Crippen LogP contribution in [0.5, 0.6) is 17.2 Å². The second-order valence-corrected chi connectivity index (χ2v) is 5.08. The number of phenolic OH excluding ortho intramolecular Hbond substituents is 1. The Morgan fingerprint density at radius 3 is 2.71 bits per heavy atom. The van der Waals surface area contributed by atoms with Crippen molar-refractivity contribution >= 4 is 11.0 Å². The highest BCUT2D eigenvalue weighted by molar-refractivity contribution is 5.88. The molecule has 3 rings (SSSR count). The van der Waals surface area contributed by atoms with Crippen LogP contribution in [0.1, 0.15) is 0 Å². The van der Waals surface area contributed by atoms with Gasteiger partial charge in [0.25, 0.3) is 0 Å². The fourth-order valence-electron chi connectivity index (χ4n) is 2.41. The number of aromatic hydroxyl groups is 1. The Labute approximate surface area is 137 Å². The Balaban J connectivity index is 2.14. The average Bonchev–Trinajstić information content (AvgIpc) is 2.60. The van der Waals surface area contributed by atoms with E-state index in [9.17, 15) is 9.90 Å². The van der Waals surface area contributed by atoms with Crippen molar-refractivity contribution in [3.05, 3.63) is 52.9 Å². The minimum atomic E-state index is -0.333. The van der Waals surface area contributed by atoms with Crippen LogP contribution in [0.3, 0.4) is 0 Å². The fraction of sp³-hybridized carbons (Fsp3) is 0.167. The van der Waals surface area contributed by atoms with Crippen molar-refractivity contribution in [1.29, 1.82) is 0 Å². The highest BCUT2D eigenvalue weighted by Crippen LogP contribution is 2.31. The van der Waals surface area contributed by atoms with E-state index >= 15 is 0 Å². The van der Waals surface area contributed by atoms with Crippen molar-refractivity contribution in [2.24, 2.45) is 0 Å². The predicted molar refractivity (Wildman–Crippen MR) is 88.6 cm³/mol. The molecule has 0 saturated carbocycles. The summed E-state index contributed by atoms with van der Waals surface area (Å²) in [6.45, 7) is 0.0249. The molecule has 1 N–H and O–H groups in total. The second kappa shape index (κ2) is 6.64. The number of phenols is 1. The molecule has 0 spiro atoms. The van der Waals surface area contributed by atoms with E-state index in [0.29, 0.717) is 22.6 Å². The molecule has 3 aromatic rings. The molecule has 0 saturated heterocycles. The van der Waals surface area contributed by atoms with Crippen LogP contribution in [0.2, 0.25) is 0 Å². The highest BCUT2D eigenvalue weighted by atomic mass is 16.7. The third kappa shape index (κ3) is 2.91. The summed E-state index contributed by atoms with van der Waals surface area (Å²) in [5, 5.41) is 10.3. The molecular formula is C18H16O6. The van der Waals surface area contributed by atoms with E-state index in [1.807, 2.05) is 0 Å². The molecule has 0 bridgehead atoms. The van der Waals surface area contributed by atoms with Crippen LogP contribution in [0.4, 0.5) is 0 Å². The first-order chi connectivity index (χ1) is 11.6. The molecule has 1 heterocycles. The maximum Gasteiger partial charge on any atom is 0.204 e. The van der Waals surface area contributed by atoms with Gasteiger partial charge in [0.1, 0.15) is 34.5 Å². The maximum absolute atomic E-state index is 12.7. The van der Waals surface area contributed by atoms with E-state index in [0.717, 1.165) is 0 Å². The van der Waals surface area contributed by atoms with Crippen LogP contribution in [-0.2, 0) is 4.74 Å². The van der Waals surface area contributed by atoms with Gasteiger partial charge in [0.15, 0.2) is 6.79 Å². The molecule has 2 aromatic carbocycles. The first-order valence-corrected chi connectivity index (χ1v) is 7.18. The average molecular weight is 328 g/mol. The van der Waals surface area contributed by atoms with E-state index in [2.05, 4.69) is 0 Å². The van der Waals surface area contributed by atoms with E-state index in [4.69, 9.17) is 18.6 Å². The van der Waals surface area contributed by atoms with Crippen LogP contribution >= 0.6 is 0 Å². The molecule has 0 aliphatic carbocycles. The molecule has 6 heteroatoms. The molecule has 0 fully saturated rings. The number of benzene rings is 2. The van der Waals surface area contributed by atoms with Gasteiger partial charge in [0.05, 0.1) is 12.7 Å². The van der Waals surface area contributed by atoms with Gasteiger partial charge in [-0.1, -0.05) is 12.1 Å². The fourth-order valence-corrected chi connectivity index (χ4v) is 2.41. The lowest BCUT2D eigenvalue weighted by atomic mass is 10.0. The first-order valence-electron chi connectivity index (χ1n) is 7.18. The maximum atomic E-state index is 12.7. The van der Waals surface area contributed by atoms with Crippen molar-refractivity contribution in [2.45, 2.75) is 0 Å². The normalized spacial score (nSPS) is 10.8. The van der Waals surface area contributed by atoms with E-state index < -0.39 is 0 Å². The first kappa shape index (κ1) is 15.9. The Morgan fingerprint density at radius 2 is 1.96 bits per heavy atom. The largest absolute Gasteiger partial charge is 0.507 e. The molecular weight excluding hydrogens is 312 g/mol. The molecule has 124 valence electrons. The van der Waals surface area contributed by atoms with E-state index in [-0.39, 0.29) is 28.9 Å². The van der Waals surface area contributed by atoms with Gasteiger partial charge >= 0.3 is 0 Å². The van der Waals surface area contributed by atoms with Crippen LogP contribution in [0, 0.1) is 0 Å². The van der Waals surface area contributed by atoms with Crippen molar-refractivity contribution in [3.63, 3.8) is 0 Å². The van der Waals surface area contributed by atoms with Crippen LogP contribution in [0.25, 0.3) is 22.1 Å². The summed E-state index contributed by atoms with van der Waals surface area (Å²) >= 11 is 0. The van der Waals surface area contributed by atoms with Crippen molar-refractivity contribution < 1.29 is 23.7 Å². The molecule has 6 nitrogen and oxygen atoms in total. The Hall–Kier alpha value is -2.99. The third-order valence-electron chi connectivity index (χ3n) is 3.55. The molecule has 0 unspecified atom stereocenters. The van der Waals surface area contributed by atoms with Gasteiger partial charge in [-0.15, -0.1) is 0 Å². The monoisotopic (exact) mass is 328 g/mol. The van der Waals surface area contributed by atoms with Crippen LogP contribution in [0.15, 0.2) is 51.9 Å². The molecule has 0 aliphatic rings. The summed E-state index contributed by atoms with van der Waals surface area (Å²) < 4.78 is 20.8. The molecule has 24 heavy (non-hydrogen) atoms. The van der Waals surface area contributed by atoms with Gasteiger partial charge in [-0.05, 0) is 17.7 Å². The number of rotatable bonds is 5. The third-order valence-corrected chi connectivity index (χ3v) is 3.55. The van der Waals surface area contributed by atoms with E-state index in [1.165, 1.54) is 25.5 Å². The Kier molecular flexibility index (Phi) is 4.39. The number of methoxy groups -OCH3 is 2. The summed E-state index contributed by atoms with van der Waals surface area (Å²) in [6, 6.07) is 9.94. The molecule has 1 aromatic heterocycles. The summed E-state index contributed by atoms with van der Waals surface area (Å²) in [6.07, 6.45) is 1.36. The van der Waals surface area contributed by atoms with Crippen molar-refractivity contribution in [3.8, 4) is 28.4 Å². The molecule has 0 aliphatic heterocycles. The summed E-state index contributed by atoms with van der Waals surface area (Å²) in [4.78, 5) is 12.7. The summed E-state index contributed by atoms with van der Waals surface area (Å²) in [5.41, 5.74) is 0.879. The quantitative estimate of drug-likeness (QED) is 0.725. The Bertz CT molecular complexity index is 928. The minimum Gasteiger partial charge on any atom is -0.507 e. The zero-order valence-corrected chi connectivity index (χ0v) is 13.2. The van der Waals surface area contributed by atoms with Crippen LogP contribution in [-0.4, -0.2) is 26.1 Å².